The first kappa shape index (κ1) is 12.0. The van der Waals surface area contributed by atoms with Gasteiger partial charge in [-0.1, -0.05) is 44.4 Å². The molecule has 1 aliphatic carbocycles. The summed E-state index contributed by atoms with van der Waals surface area (Å²) in [5, 5.41) is 0.220. The molecule has 0 saturated heterocycles. The maximum atomic E-state index is 6.44. The molecule has 0 aromatic heterocycles. The summed E-state index contributed by atoms with van der Waals surface area (Å²) in [6.45, 7) is 2.23. The maximum absolute atomic E-state index is 6.44. The second-order valence-corrected chi connectivity index (χ2v) is 5.37. The summed E-state index contributed by atoms with van der Waals surface area (Å²) in [7, 11) is 0. The third-order valence-electron chi connectivity index (χ3n) is 3.55. The van der Waals surface area contributed by atoms with Gasteiger partial charge in [-0.2, -0.15) is 0 Å². The van der Waals surface area contributed by atoms with E-state index in [1.165, 1.54) is 44.1 Å². The van der Waals surface area contributed by atoms with Crippen molar-refractivity contribution in [2.45, 2.75) is 57.2 Å². The second-order valence-electron chi connectivity index (χ2n) is 4.85. The molecule has 0 saturated carbocycles. The number of hydrogen-bond acceptors (Lipinski definition) is 0. The summed E-state index contributed by atoms with van der Waals surface area (Å²) >= 11 is 6.44. The Morgan fingerprint density at radius 3 is 2.81 bits per heavy atom. The van der Waals surface area contributed by atoms with Crippen LogP contribution >= 0.6 is 11.6 Å². The molecule has 0 nitrogen and oxygen atoms in total. The molecule has 1 unspecified atom stereocenters. The molecule has 1 aromatic rings. The number of alkyl halides is 1. The number of unbranched alkanes of at least 4 members (excludes halogenated alkanes) is 2. The van der Waals surface area contributed by atoms with Crippen molar-refractivity contribution in [2.24, 2.45) is 0 Å². The number of halogens is 1. The van der Waals surface area contributed by atoms with E-state index in [1.54, 1.807) is 11.1 Å². The molecule has 0 aliphatic heterocycles. The van der Waals surface area contributed by atoms with Crippen LogP contribution in [-0.2, 0) is 12.8 Å². The largest absolute Gasteiger partial charge is 0.118 e. The van der Waals surface area contributed by atoms with Gasteiger partial charge in [0, 0.05) is 0 Å². The van der Waals surface area contributed by atoms with Crippen molar-refractivity contribution in [3.63, 3.8) is 0 Å². The Hall–Kier alpha value is -0.490. The molecule has 0 radical (unpaired) electrons. The summed E-state index contributed by atoms with van der Waals surface area (Å²) in [6.07, 6.45) is 8.78. The minimum atomic E-state index is 0.220. The zero-order valence-corrected chi connectivity index (χ0v) is 10.9. The van der Waals surface area contributed by atoms with E-state index in [9.17, 15) is 0 Å². The van der Waals surface area contributed by atoms with Crippen molar-refractivity contribution >= 4 is 11.6 Å². The minimum absolute atomic E-state index is 0.220. The van der Waals surface area contributed by atoms with Crippen LogP contribution in [0, 0.1) is 0 Å². The van der Waals surface area contributed by atoms with Crippen molar-refractivity contribution in [2.75, 3.05) is 0 Å². The molecule has 88 valence electrons. The minimum Gasteiger partial charge on any atom is -0.118 e. The molecule has 2 rings (SSSR count). The topological polar surface area (TPSA) is 0 Å². The van der Waals surface area contributed by atoms with Crippen LogP contribution in [0.5, 0.6) is 0 Å². The van der Waals surface area contributed by atoms with E-state index in [-0.39, 0.29) is 5.38 Å². The first-order valence-electron chi connectivity index (χ1n) is 6.57. The van der Waals surface area contributed by atoms with E-state index >= 15 is 0 Å². The van der Waals surface area contributed by atoms with Gasteiger partial charge in [-0.05, 0) is 42.4 Å². The van der Waals surface area contributed by atoms with Gasteiger partial charge >= 0.3 is 0 Å². The van der Waals surface area contributed by atoms with Crippen molar-refractivity contribution < 1.29 is 0 Å². The number of benzene rings is 1. The zero-order chi connectivity index (χ0) is 11.4. The molecule has 0 bridgehead atoms. The van der Waals surface area contributed by atoms with Crippen LogP contribution in [0.4, 0.5) is 0 Å². The van der Waals surface area contributed by atoms with Crippen LogP contribution in [0.1, 0.15) is 61.1 Å². The Bertz CT molecular complexity index is 343. The number of rotatable bonds is 5. The molecule has 0 amide bonds. The first-order chi connectivity index (χ1) is 7.81. The smallest absolute Gasteiger partial charge is 0.0585 e. The molecule has 1 aromatic carbocycles. The van der Waals surface area contributed by atoms with E-state index in [0.717, 1.165) is 6.42 Å². The fourth-order valence-electron chi connectivity index (χ4n) is 2.53. The van der Waals surface area contributed by atoms with Gasteiger partial charge in [0.15, 0.2) is 0 Å². The standard InChI is InChI=1S/C15H21Cl/c1-2-3-4-8-15(16)14-10-9-12-6-5-7-13(12)11-14/h9-11,15H,2-8H2,1H3. The lowest BCUT2D eigenvalue weighted by atomic mass is 10.0. The zero-order valence-electron chi connectivity index (χ0n) is 10.1. The highest BCUT2D eigenvalue weighted by molar-refractivity contribution is 6.20. The van der Waals surface area contributed by atoms with E-state index in [2.05, 4.69) is 25.1 Å². The summed E-state index contributed by atoms with van der Waals surface area (Å²) in [4.78, 5) is 0. The maximum Gasteiger partial charge on any atom is 0.0585 e. The van der Waals surface area contributed by atoms with Crippen molar-refractivity contribution in [1.82, 2.24) is 0 Å². The van der Waals surface area contributed by atoms with Gasteiger partial charge in [-0.25, -0.2) is 0 Å². The fraction of sp³-hybridized carbons (Fsp3) is 0.600. The Balaban J connectivity index is 1.98. The summed E-state index contributed by atoms with van der Waals surface area (Å²) < 4.78 is 0. The van der Waals surface area contributed by atoms with Crippen LogP contribution in [0.3, 0.4) is 0 Å². The molecule has 1 heteroatoms. The van der Waals surface area contributed by atoms with Crippen LogP contribution in [0.2, 0.25) is 0 Å². The predicted octanol–water partition coefficient (Wildman–Crippen LogP) is 5.04. The molecular weight excluding hydrogens is 216 g/mol. The van der Waals surface area contributed by atoms with Gasteiger partial charge in [0.1, 0.15) is 0 Å². The van der Waals surface area contributed by atoms with E-state index in [0.29, 0.717) is 0 Å². The van der Waals surface area contributed by atoms with Gasteiger partial charge in [0.25, 0.3) is 0 Å². The summed E-state index contributed by atoms with van der Waals surface area (Å²) in [5.41, 5.74) is 4.42. The number of fused-ring (bicyclic) bond motifs is 1. The van der Waals surface area contributed by atoms with Gasteiger partial charge in [-0.3, -0.25) is 0 Å². The monoisotopic (exact) mass is 236 g/mol. The molecule has 0 N–H and O–H groups in total. The SMILES string of the molecule is CCCCCC(Cl)c1ccc2c(c1)CCC2. The highest BCUT2D eigenvalue weighted by Crippen LogP contribution is 2.31. The Morgan fingerprint density at radius 2 is 2.00 bits per heavy atom. The molecule has 1 aliphatic rings. The normalized spacial score (nSPS) is 16.1. The molecule has 1 atom stereocenters. The Labute approximate surface area is 104 Å². The average Bonchev–Trinajstić information content (AvgIpc) is 2.76. The summed E-state index contributed by atoms with van der Waals surface area (Å²) in [6, 6.07) is 6.85. The lowest BCUT2D eigenvalue weighted by molar-refractivity contribution is 0.655. The molecular formula is C15H21Cl. The van der Waals surface area contributed by atoms with Crippen molar-refractivity contribution in [3.8, 4) is 0 Å². The van der Waals surface area contributed by atoms with E-state index < -0.39 is 0 Å². The summed E-state index contributed by atoms with van der Waals surface area (Å²) in [5.74, 6) is 0. The molecule has 0 heterocycles. The first-order valence-corrected chi connectivity index (χ1v) is 7.00. The van der Waals surface area contributed by atoms with Gasteiger partial charge < -0.3 is 0 Å². The van der Waals surface area contributed by atoms with Crippen LogP contribution < -0.4 is 0 Å². The second kappa shape index (κ2) is 5.72. The van der Waals surface area contributed by atoms with Crippen LogP contribution in [-0.4, -0.2) is 0 Å². The highest BCUT2D eigenvalue weighted by Gasteiger charge is 2.14. The number of hydrogen-bond donors (Lipinski definition) is 0. The quantitative estimate of drug-likeness (QED) is 0.497. The molecule has 0 spiro atoms. The third kappa shape index (κ3) is 2.79. The Morgan fingerprint density at radius 1 is 1.19 bits per heavy atom. The third-order valence-corrected chi connectivity index (χ3v) is 4.02. The van der Waals surface area contributed by atoms with Gasteiger partial charge in [-0.15, -0.1) is 11.6 Å². The van der Waals surface area contributed by atoms with E-state index in [4.69, 9.17) is 11.6 Å². The Kier molecular flexibility index (Phi) is 4.29. The lowest BCUT2D eigenvalue weighted by Crippen LogP contribution is -1.93. The molecule has 0 fully saturated rings. The highest BCUT2D eigenvalue weighted by atomic mass is 35.5. The van der Waals surface area contributed by atoms with Crippen molar-refractivity contribution in [1.29, 1.82) is 0 Å². The lowest BCUT2D eigenvalue weighted by Gasteiger charge is -2.11. The van der Waals surface area contributed by atoms with Gasteiger partial charge in [0.05, 0.1) is 5.38 Å². The van der Waals surface area contributed by atoms with Crippen LogP contribution in [0.25, 0.3) is 0 Å². The predicted molar refractivity (Wildman–Crippen MR) is 71.2 cm³/mol. The molecule has 16 heavy (non-hydrogen) atoms. The van der Waals surface area contributed by atoms with Crippen LogP contribution in [0.15, 0.2) is 18.2 Å². The average molecular weight is 237 g/mol. The van der Waals surface area contributed by atoms with E-state index in [1.807, 2.05) is 0 Å². The fourth-order valence-corrected chi connectivity index (χ4v) is 2.82. The van der Waals surface area contributed by atoms with Crippen molar-refractivity contribution in [3.05, 3.63) is 34.9 Å². The van der Waals surface area contributed by atoms with Gasteiger partial charge in [0.2, 0.25) is 0 Å². The number of aryl methyl sites for hydroxylation is 2.